The number of ether oxygens (including phenoxy) is 1. The standard InChI is InChI=1S/C13H16N4O4S/c1-8-9(4-5-21-8)12-15-16-13(17(12)2)22-7-10(18)14-6-11(19)20-3/h4-5H,6-7H2,1-3H3,(H,14,18). The fourth-order valence-electron chi connectivity index (χ4n) is 1.72. The number of nitrogens with one attached hydrogen (secondary N) is 1. The Morgan fingerprint density at radius 1 is 1.45 bits per heavy atom. The Morgan fingerprint density at radius 2 is 2.23 bits per heavy atom. The first-order valence-corrected chi connectivity index (χ1v) is 7.41. The Hall–Kier alpha value is -2.29. The van der Waals surface area contributed by atoms with Crippen molar-refractivity contribution in [1.82, 2.24) is 20.1 Å². The number of carbonyl (C=O) groups excluding carboxylic acids is 2. The minimum Gasteiger partial charge on any atom is -0.469 e. The first-order valence-electron chi connectivity index (χ1n) is 6.43. The van der Waals surface area contributed by atoms with Crippen molar-refractivity contribution < 1.29 is 18.7 Å². The highest BCUT2D eigenvalue weighted by Crippen LogP contribution is 2.25. The van der Waals surface area contributed by atoms with Crippen molar-refractivity contribution in [2.45, 2.75) is 12.1 Å². The number of nitrogens with zero attached hydrogens (tertiary/aromatic N) is 3. The summed E-state index contributed by atoms with van der Waals surface area (Å²) in [5.74, 6) is 0.786. The van der Waals surface area contributed by atoms with Crippen molar-refractivity contribution in [3.63, 3.8) is 0 Å². The third kappa shape index (κ3) is 3.67. The Balaban J connectivity index is 1.95. The number of carbonyl (C=O) groups is 2. The number of hydrogen-bond acceptors (Lipinski definition) is 7. The van der Waals surface area contributed by atoms with Crippen LogP contribution in [-0.4, -0.2) is 46.0 Å². The van der Waals surface area contributed by atoms with Gasteiger partial charge in [0.25, 0.3) is 0 Å². The fourth-order valence-corrected chi connectivity index (χ4v) is 2.46. The summed E-state index contributed by atoms with van der Waals surface area (Å²) in [4.78, 5) is 22.6. The van der Waals surface area contributed by atoms with E-state index in [1.807, 2.05) is 20.0 Å². The van der Waals surface area contributed by atoms with Crippen LogP contribution in [0.1, 0.15) is 5.76 Å². The number of esters is 1. The molecule has 0 atom stereocenters. The lowest BCUT2D eigenvalue weighted by Crippen LogP contribution is -2.31. The molecule has 0 bridgehead atoms. The summed E-state index contributed by atoms with van der Waals surface area (Å²) in [5.41, 5.74) is 0.858. The predicted molar refractivity (Wildman–Crippen MR) is 79.2 cm³/mol. The van der Waals surface area contributed by atoms with Gasteiger partial charge in [0, 0.05) is 7.05 Å². The molecule has 8 nitrogen and oxygen atoms in total. The van der Waals surface area contributed by atoms with Crippen molar-refractivity contribution in [2.24, 2.45) is 7.05 Å². The van der Waals surface area contributed by atoms with Crippen LogP contribution < -0.4 is 5.32 Å². The summed E-state index contributed by atoms with van der Waals surface area (Å²) in [7, 11) is 3.08. The quantitative estimate of drug-likeness (QED) is 0.618. The molecule has 118 valence electrons. The second-order valence-electron chi connectivity index (χ2n) is 4.40. The number of hydrogen-bond donors (Lipinski definition) is 1. The van der Waals surface area contributed by atoms with E-state index in [-0.39, 0.29) is 18.2 Å². The van der Waals surface area contributed by atoms with E-state index in [0.29, 0.717) is 11.0 Å². The van der Waals surface area contributed by atoms with E-state index in [1.165, 1.54) is 18.9 Å². The molecule has 0 aliphatic carbocycles. The molecule has 1 amide bonds. The van der Waals surface area contributed by atoms with E-state index >= 15 is 0 Å². The minimum absolute atomic E-state index is 0.132. The van der Waals surface area contributed by atoms with Gasteiger partial charge in [-0.15, -0.1) is 10.2 Å². The molecule has 0 saturated carbocycles. The summed E-state index contributed by atoms with van der Waals surface area (Å²) >= 11 is 1.23. The van der Waals surface area contributed by atoms with Crippen molar-refractivity contribution in [2.75, 3.05) is 19.4 Å². The lowest BCUT2D eigenvalue weighted by Gasteiger charge is -2.04. The molecule has 22 heavy (non-hydrogen) atoms. The van der Waals surface area contributed by atoms with Crippen LogP contribution in [0.15, 0.2) is 21.9 Å². The second-order valence-corrected chi connectivity index (χ2v) is 5.34. The lowest BCUT2D eigenvalue weighted by molar-refractivity contribution is -0.140. The maximum absolute atomic E-state index is 11.6. The van der Waals surface area contributed by atoms with Crippen LogP contribution in [0.5, 0.6) is 0 Å². The predicted octanol–water partition coefficient (Wildman–Crippen LogP) is 0.765. The number of rotatable bonds is 6. The van der Waals surface area contributed by atoms with Crippen LogP contribution >= 0.6 is 11.8 Å². The van der Waals surface area contributed by atoms with Gasteiger partial charge >= 0.3 is 5.97 Å². The number of methoxy groups -OCH3 is 1. The van der Waals surface area contributed by atoms with Gasteiger partial charge in [0.15, 0.2) is 11.0 Å². The molecule has 0 unspecified atom stereocenters. The van der Waals surface area contributed by atoms with E-state index in [9.17, 15) is 9.59 Å². The highest BCUT2D eigenvalue weighted by atomic mass is 32.2. The topological polar surface area (TPSA) is 99.2 Å². The first-order chi connectivity index (χ1) is 10.5. The smallest absolute Gasteiger partial charge is 0.325 e. The molecule has 2 aromatic rings. The Labute approximate surface area is 131 Å². The molecule has 2 aromatic heterocycles. The SMILES string of the molecule is COC(=O)CNC(=O)CSc1nnc(-c2ccoc2C)n1C. The largest absolute Gasteiger partial charge is 0.469 e. The number of aryl methyl sites for hydroxylation is 1. The van der Waals surface area contributed by atoms with Gasteiger partial charge in [0.05, 0.1) is 24.7 Å². The van der Waals surface area contributed by atoms with Crippen molar-refractivity contribution in [3.05, 3.63) is 18.1 Å². The van der Waals surface area contributed by atoms with E-state index in [4.69, 9.17) is 4.42 Å². The third-order valence-electron chi connectivity index (χ3n) is 2.92. The normalized spacial score (nSPS) is 10.5. The van der Waals surface area contributed by atoms with E-state index < -0.39 is 5.97 Å². The molecule has 0 aliphatic heterocycles. The van der Waals surface area contributed by atoms with Gasteiger partial charge in [-0.3, -0.25) is 9.59 Å². The van der Waals surface area contributed by atoms with Crippen LogP contribution in [0.2, 0.25) is 0 Å². The molecule has 0 radical (unpaired) electrons. The average Bonchev–Trinajstić information content (AvgIpc) is 3.08. The second kappa shape index (κ2) is 7.12. The Morgan fingerprint density at radius 3 is 2.86 bits per heavy atom. The van der Waals surface area contributed by atoms with Crippen molar-refractivity contribution in [3.8, 4) is 11.4 Å². The molecule has 0 fully saturated rings. The van der Waals surface area contributed by atoms with Crippen LogP contribution in [0.3, 0.4) is 0 Å². The summed E-state index contributed by atoms with van der Waals surface area (Å²) < 4.78 is 11.5. The molecule has 2 rings (SSSR count). The molecule has 1 N–H and O–H groups in total. The van der Waals surface area contributed by atoms with Gasteiger partial charge in [0.2, 0.25) is 5.91 Å². The zero-order chi connectivity index (χ0) is 16.1. The zero-order valence-electron chi connectivity index (χ0n) is 12.5. The Bertz CT molecular complexity index is 679. The van der Waals surface area contributed by atoms with Gasteiger partial charge in [-0.25, -0.2) is 0 Å². The highest BCUT2D eigenvalue weighted by Gasteiger charge is 2.15. The molecule has 9 heteroatoms. The monoisotopic (exact) mass is 324 g/mol. The van der Waals surface area contributed by atoms with Crippen molar-refractivity contribution in [1.29, 1.82) is 0 Å². The number of amides is 1. The van der Waals surface area contributed by atoms with Gasteiger partial charge in [-0.05, 0) is 13.0 Å². The maximum Gasteiger partial charge on any atom is 0.325 e. The lowest BCUT2D eigenvalue weighted by atomic mass is 10.2. The van der Waals surface area contributed by atoms with Crippen LogP contribution in [0.25, 0.3) is 11.4 Å². The number of furan rings is 1. The number of aromatic nitrogens is 3. The Kier molecular flexibility index (Phi) is 5.21. The van der Waals surface area contributed by atoms with E-state index in [0.717, 1.165) is 11.3 Å². The van der Waals surface area contributed by atoms with Crippen LogP contribution in [0.4, 0.5) is 0 Å². The van der Waals surface area contributed by atoms with Gasteiger partial charge in [-0.2, -0.15) is 0 Å². The molecular formula is C13H16N4O4S. The molecule has 2 heterocycles. The van der Waals surface area contributed by atoms with E-state index in [1.54, 1.807) is 10.8 Å². The van der Waals surface area contributed by atoms with Crippen LogP contribution in [0, 0.1) is 6.92 Å². The molecule has 0 aliphatic rings. The van der Waals surface area contributed by atoms with Gasteiger partial charge in [0.1, 0.15) is 12.3 Å². The molecule has 0 aromatic carbocycles. The third-order valence-corrected chi connectivity index (χ3v) is 3.94. The molecule has 0 spiro atoms. The summed E-state index contributed by atoms with van der Waals surface area (Å²) in [6.45, 7) is 1.70. The summed E-state index contributed by atoms with van der Waals surface area (Å²) in [6.07, 6.45) is 1.59. The van der Waals surface area contributed by atoms with Gasteiger partial charge < -0.3 is 19.0 Å². The zero-order valence-corrected chi connectivity index (χ0v) is 13.3. The van der Waals surface area contributed by atoms with E-state index in [2.05, 4.69) is 20.3 Å². The summed E-state index contributed by atoms with van der Waals surface area (Å²) in [6, 6.07) is 1.82. The van der Waals surface area contributed by atoms with Crippen molar-refractivity contribution >= 4 is 23.6 Å². The minimum atomic E-state index is -0.491. The first kappa shape index (κ1) is 16.1. The molecular weight excluding hydrogens is 308 g/mol. The molecule has 0 saturated heterocycles. The van der Waals surface area contributed by atoms with Gasteiger partial charge in [-0.1, -0.05) is 11.8 Å². The average molecular weight is 324 g/mol. The number of thioether (sulfide) groups is 1. The maximum atomic E-state index is 11.6. The fraction of sp³-hybridized carbons (Fsp3) is 0.385. The summed E-state index contributed by atoms with van der Waals surface area (Å²) in [5, 5.41) is 11.2. The highest BCUT2D eigenvalue weighted by molar-refractivity contribution is 7.99. The van der Waals surface area contributed by atoms with Crippen LogP contribution in [-0.2, 0) is 21.4 Å².